The van der Waals surface area contributed by atoms with Gasteiger partial charge in [-0.3, -0.25) is 0 Å². The van der Waals surface area contributed by atoms with Crippen LogP contribution in [-0.2, 0) is 0 Å². The van der Waals surface area contributed by atoms with Gasteiger partial charge in [-0.15, -0.1) is 12.4 Å². The van der Waals surface area contributed by atoms with Gasteiger partial charge < -0.3 is 10.5 Å². The van der Waals surface area contributed by atoms with Gasteiger partial charge in [0.25, 0.3) is 0 Å². The lowest BCUT2D eigenvalue weighted by Gasteiger charge is -2.05. The first-order valence-corrected chi connectivity index (χ1v) is 4.77. The van der Waals surface area contributed by atoms with E-state index in [0.717, 1.165) is 0 Å². The van der Waals surface area contributed by atoms with Crippen molar-refractivity contribution >= 4 is 29.7 Å². The molecule has 0 unspecified atom stereocenters. The quantitative estimate of drug-likeness (QED) is 0.837. The first-order chi connectivity index (χ1) is 7.25. The maximum Gasteiger partial charge on any atom is 0.219 e. The summed E-state index contributed by atoms with van der Waals surface area (Å²) in [7, 11) is 0. The molecule has 0 spiro atoms. The number of ether oxygens (including phenoxy) is 1. The maximum absolute atomic E-state index is 5.85. The zero-order chi connectivity index (χ0) is 10.7. The minimum absolute atomic E-state index is 0. The molecule has 2 rings (SSSR count). The highest BCUT2D eigenvalue weighted by Gasteiger charge is 2.00. The van der Waals surface area contributed by atoms with Crippen molar-refractivity contribution in [3.8, 4) is 11.6 Å². The number of hydrogen-bond acceptors (Lipinski definition) is 3. The zero-order valence-corrected chi connectivity index (χ0v) is 9.83. The number of nitrogens with two attached hydrogens (primary N) is 1. The van der Waals surface area contributed by atoms with Gasteiger partial charge >= 0.3 is 0 Å². The fraction of sp³-hybridized carbons (Fsp3) is 0. The van der Waals surface area contributed by atoms with Crippen LogP contribution < -0.4 is 10.5 Å². The van der Waals surface area contributed by atoms with Crippen molar-refractivity contribution in [2.75, 3.05) is 5.73 Å². The van der Waals surface area contributed by atoms with Gasteiger partial charge in [0, 0.05) is 18.3 Å². The molecule has 1 aromatic heterocycles. The number of anilines is 1. The summed E-state index contributed by atoms with van der Waals surface area (Å²) < 4.78 is 5.46. The Bertz CT molecular complexity index is 463. The van der Waals surface area contributed by atoms with Crippen molar-refractivity contribution in [3.63, 3.8) is 0 Å². The third-order valence-electron chi connectivity index (χ3n) is 1.83. The second-order valence-electron chi connectivity index (χ2n) is 2.95. The predicted molar refractivity (Wildman–Crippen MR) is 67.4 cm³/mol. The van der Waals surface area contributed by atoms with Crippen LogP contribution in [0.15, 0.2) is 42.6 Å². The number of aromatic nitrogens is 1. The first kappa shape index (κ1) is 12.6. The Morgan fingerprint density at radius 3 is 2.62 bits per heavy atom. The van der Waals surface area contributed by atoms with Crippen molar-refractivity contribution in [3.05, 3.63) is 47.6 Å². The molecule has 0 aliphatic heterocycles. The van der Waals surface area contributed by atoms with E-state index >= 15 is 0 Å². The number of hydrogen-bond donors (Lipinski definition) is 1. The molecule has 1 aromatic carbocycles. The molecule has 0 saturated carbocycles. The molecule has 2 N–H and O–H groups in total. The Morgan fingerprint density at radius 1 is 1.19 bits per heavy atom. The summed E-state index contributed by atoms with van der Waals surface area (Å²) in [4.78, 5) is 4.03. The largest absolute Gasteiger partial charge is 0.439 e. The molecule has 0 aliphatic carbocycles. The fourth-order valence-corrected chi connectivity index (χ4v) is 1.27. The fourth-order valence-electron chi connectivity index (χ4n) is 1.10. The number of pyridine rings is 1. The van der Waals surface area contributed by atoms with Crippen LogP contribution in [0.25, 0.3) is 0 Å². The molecule has 0 radical (unpaired) electrons. The highest BCUT2D eigenvalue weighted by molar-refractivity contribution is 6.33. The highest BCUT2D eigenvalue weighted by Crippen LogP contribution is 2.26. The van der Waals surface area contributed by atoms with E-state index in [1.807, 2.05) is 12.1 Å². The van der Waals surface area contributed by atoms with E-state index < -0.39 is 0 Å². The van der Waals surface area contributed by atoms with E-state index in [2.05, 4.69) is 4.98 Å². The van der Waals surface area contributed by atoms with E-state index in [9.17, 15) is 0 Å². The third-order valence-corrected chi connectivity index (χ3v) is 2.16. The Labute approximate surface area is 105 Å². The lowest BCUT2D eigenvalue weighted by molar-refractivity contribution is 0.463. The molecule has 3 nitrogen and oxygen atoms in total. The van der Waals surface area contributed by atoms with Crippen molar-refractivity contribution in [2.24, 2.45) is 0 Å². The molecule has 16 heavy (non-hydrogen) atoms. The Hall–Kier alpha value is -1.45. The van der Waals surface area contributed by atoms with Gasteiger partial charge in [-0.05, 0) is 18.2 Å². The average Bonchev–Trinajstić information content (AvgIpc) is 2.25. The normalized spacial score (nSPS) is 9.31. The van der Waals surface area contributed by atoms with Crippen LogP contribution in [0.2, 0.25) is 5.02 Å². The van der Waals surface area contributed by atoms with E-state index in [1.165, 1.54) is 0 Å². The molecule has 84 valence electrons. The lowest BCUT2D eigenvalue weighted by atomic mass is 10.3. The average molecular weight is 257 g/mol. The minimum Gasteiger partial charge on any atom is -0.439 e. The monoisotopic (exact) mass is 256 g/mol. The molecule has 2 aromatic rings. The first-order valence-electron chi connectivity index (χ1n) is 4.39. The van der Waals surface area contributed by atoms with Gasteiger partial charge in [0.15, 0.2) is 0 Å². The van der Waals surface area contributed by atoms with Gasteiger partial charge in [0.1, 0.15) is 5.75 Å². The minimum atomic E-state index is 0. The van der Waals surface area contributed by atoms with Crippen molar-refractivity contribution in [1.29, 1.82) is 0 Å². The van der Waals surface area contributed by atoms with Gasteiger partial charge in [-0.1, -0.05) is 17.7 Å². The van der Waals surface area contributed by atoms with Gasteiger partial charge in [0.05, 0.1) is 10.7 Å². The van der Waals surface area contributed by atoms with E-state index in [4.69, 9.17) is 22.1 Å². The maximum atomic E-state index is 5.85. The van der Waals surface area contributed by atoms with Crippen molar-refractivity contribution in [2.45, 2.75) is 0 Å². The molecule has 0 atom stereocenters. The molecule has 0 fully saturated rings. The highest BCUT2D eigenvalue weighted by atomic mass is 35.5. The van der Waals surface area contributed by atoms with Crippen LogP contribution in [0.5, 0.6) is 11.6 Å². The summed E-state index contributed by atoms with van der Waals surface area (Å²) >= 11 is 5.85. The van der Waals surface area contributed by atoms with Crippen LogP contribution in [0.4, 0.5) is 5.69 Å². The van der Waals surface area contributed by atoms with E-state index in [-0.39, 0.29) is 12.4 Å². The number of benzene rings is 1. The molecule has 0 aliphatic rings. The zero-order valence-electron chi connectivity index (χ0n) is 8.26. The van der Waals surface area contributed by atoms with Gasteiger partial charge in [-0.25, -0.2) is 4.98 Å². The second kappa shape index (κ2) is 5.58. The molecule has 0 bridgehead atoms. The van der Waals surface area contributed by atoms with E-state index in [0.29, 0.717) is 22.3 Å². The van der Waals surface area contributed by atoms with Gasteiger partial charge in [-0.2, -0.15) is 0 Å². The Balaban J connectivity index is 0.00000128. The molecule has 0 saturated heterocycles. The lowest BCUT2D eigenvalue weighted by Crippen LogP contribution is -1.89. The smallest absolute Gasteiger partial charge is 0.219 e. The summed E-state index contributed by atoms with van der Waals surface area (Å²) in [5, 5.41) is 0.475. The second-order valence-corrected chi connectivity index (χ2v) is 3.36. The topological polar surface area (TPSA) is 48.1 Å². The molecule has 0 amide bonds. The Kier molecular flexibility index (Phi) is 4.40. The van der Waals surface area contributed by atoms with Crippen LogP contribution in [0.3, 0.4) is 0 Å². The van der Waals surface area contributed by atoms with Crippen LogP contribution in [-0.4, -0.2) is 4.98 Å². The molecule has 1 heterocycles. The summed E-state index contributed by atoms with van der Waals surface area (Å²) in [6, 6.07) is 10.5. The van der Waals surface area contributed by atoms with Crippen molar-refractivity contribution < 1.29 is 4.74 Å². The summed E-state index contributed by atoms with van der Waals surface area (Å²) in [6.07, 6.45) is 1.66. The van der Waals surface area contributed by atoms with Gasteiger partial charge in [0.2, 0.25) is 5.88 Å². The van der Waals surface area contributed by atoms with Crippen molar-refractivity contribution in [1.82, 2.24) is 4.98 Å². The number of rotatable bonds is 2. The summed E-state index contributed by atoms with van der Waals surface area (Å²) in [5.41, 5.74) is 6.11. The van der Waals surface area contributed by atoms with E-state index in [1.54, 1.807) is 30.5 Å². The predicted octanol–water partition coefficient (Wildman–Crippen LogP) is 3.53. The summed E-state index contributed by atoms with van der Waals surface area (Å²) in [5.74, 6) is 1.14. The Morgan fingerprint density at radius 2 is 2.00 bits per heavy atom. The third kappa shape index (κ3) is 3.02. The number of nitrogen functional groups attached to an aromatic ring is 1. The summed E-state index contributed by atoms with van der Waals surface area (Å²) in [6.45, 7) is 0. The SMILES string of the molecule is Cl.Nc1ccc(Oc2ccccn2)cc1Cl. The molecular formula is C11H10Cl2N2O. The van der Waals surface area contributed by atoms with Crippen LogP contribution in [0, 0.1) is 0 Å². The molecule has 5 heteroatoms. The van der Waals surface area contributed by atoms with Crippen LogP contribution >= 0.6 is 24.0 Å². The number of halogens is 2. The molecular weight excluding hydrogens is 247 g/mol. The standard InChI is InChI=1S/C11H9ClN2O.ClH/c12-9-7-8(4-5-10(9)13)15-11-3-1-2-6-14-11;/h1-7H,13H2;1H. The number of nitrogens with zero attached hydrogens (tertiary/aromatic N) is 1. The van der Waals surface area contributed by atoms with Crippen LogP contribution in [0.1, 0.15) is 0 Å².